The fraction of sp³-hybridized carbons (Fsp3) is 0.292. The van der Waals surface area contributed by atoms with E-state index >= 15 is 0 Å². The number of likely N-dealkylation sites (tertiary alicyclic amines) is 1. The Morgan fingerprint density at radius 2 is 1.82 bits per heavy atom. The Balaban J connectivity index is 1.47. The molecule has 2 aliphatic rings. The molecule has 0 unspecified atom stereocenters. The Hall–Kier alpha value is -2.78. The van der Waals surface area contributed by atoms with E-state index in [4.69, 9.17) is 9.47 Å². The van der Waals surface area contributed by atoms with E-state index in [1.165, 1.54) is 0 Å². The lowest BCUT2D eigenvalue weighted by atomic mass is 10.1. The van der Waals surface area contributed by atoms with E-state index in [0.29, 0.717) is 36.8 Å². The van der Waals surface area contributed by atoms with Gasteiger partial charge >= 0.3 is 0 Å². The van der Waals surface area contributed by atoms with E-state index in [1.807, 2.05) is 24.3 Å². The molecule has 2 aromatic carbocycles. The zero-order valence-electron chi connectivity index (χ0n) is 18.1. The molecular weight excluding hydrogens is 508 g/mol. The summed E-state index contributed by atoms with van der Waals surface area (Å²) in [5.41, 5.74) is 1.69. The van der Waals surface area contributed by atoms with Crippen LogP contribution in [0.1, 0.15) is 24.0 Å². The Morgan fingerprint density at radius 3 is 2.52 bits per heavy atom. The van der Waals surface area contributed by atoms with Gasteiger partial charge in [-0.25, -0.2) is 0 Å². The first-order valence-electron chi connectivity index (χ1n) is 10.5. The summed E-state index contributed by atoms with van der Waals surface area (Å²) in [6, 6.07) is 13.1. The smallest absolute Gasteiger partial charge is 0.294 e. The quantitative estimate of drug-likeness (QED) is 0.483. The van der Waals surface area contributed by atoms with Gasteiger partial charge in [-0.1, -0.05) is 34.1 Å². The Labute approximate surface area is 204 Å². The minimum absolute atomic E-state index is 0.191. The zero-order valence-corrected chi connectivity index (χ0v) is 20.5. The van der Waals surface area contributed by atoms with E-state index in [2.05, 4.69) is 15.9 Å². The van der Waals surface area contributed by atoms with E-state index in [9.17, 15) is 14.4 Å². The molecule has 2 aliphatic heterocycles. The van der Waals surface area contributed by atoms with Crippen LogP contribution in [0, 0.1) is 0 Å². The van der Waals surface area contributed by atoms with Gasteiger partial charge in [0.1, 0.15) is 13.2 Å². The van der Waals surface area contributed by atoms with E-state index in [-0.39, 0.29) is 17.4 Å². The van der Waals surface area contributed by atoms with Crippen LogP contribution in [0.2, 0.25) is 0 Å². The number of carbonyl (C=O) groups is 3. The number of thioether (sulfide) groups is 1. The maximum Gasteiger partial charge on any atom is 0.294 e. The van der Waals surface area contributed by atoms with E-state index in [0.717, 1.165) is 39.5 Å². The van der Waals surface area contributed by atoms with Gasteiger partial charge in [-0.2, -0.15) is 0 Å². The predicted molar refractivity (Wildman–Crippen MR) is 130 cm³/mol. The molecule has 4 rings (SSSR count). The molecule has 0 aliphatic carbocycles. The Bertz CT molecular complexity index is 1100. The Kier molecular flexibility index (Phi) is 7.39. The standard InChI is InChI=1S/C24H23BrN2O5S/c1-31-19-9-6-17(12-20(19)32-15-16-4-7-18(25)8-5-16)13-21-23(29)27(24(30)33-21)14-22(28)26-10-2-3-11-26/h4-9,12-13H,2-3,10-11,14-15H2,1H3/b21-13-. The number of methoxy groups -OCH3 is 1. The van der Waals surface area contributed by atoms with Crippen LogP contribution in [-0.2, 0) is 16.2 Å². The molecule has 7 nitrogen and oxygen atoms in total. The van der Waals surface area contributed by atoms with Crippen molar-refractivity contribution in [1.29, 1.82) is 0 Å². The molecule has 2 aromatic rings. The van der Waals surface area contributed by atoms with Crippen molar-refractivity contribution >= 4 is 50.8 Å². The maximum atomic E-state index is 12.8. The van der Waals surface area contributed by atoms with Crippen molar-refractivity contribution < 1.29 is 23.9 Å². The number of imide groups is 1. The summed E-state index contributed by atoms with van der Waals surface area (Å²) in [4.78, 5) is 40.6. The van der Waals surface area contributed by atoms with Crippen LogP contribution in [0.3, 0.4) is 0 Å². The van der Waals surface area contributed by atoms with Gasteiger partial charge in [-0.05, 0) is 66.1 Å². The van der Waals surface area contributed by atoms with Crippen molar-refractivity contribution in [3.63, 3.8) is 0 Å². The van der Waals surface area contributed by atoms with Crippen molar-refractivity contribution in [2.45, 2.75) is 19.4 Å². The first-order valence-corrected chi connectivity index (χ1v) is 12.1. The average molecular weight is 531 g/mol. The highest BCUT2D eigenvalue weighted by Crippen LogP contribution is 2.35. The molecule has 2 saturated heterocycles. The lowest BCUT2D eigenvalue weighted by Crippen LogP contribution is -2.40. The minimum atomic E-state index is -0.453. The summed E-state index contributed by atoms with van der Waals surface area (Å²) in [7, 11) is 1.56. The number of hydrogen-bond acceptors (Lipinski definition) is 6. The van der Waals surface area contributed by atoms with Crippen LogP contribution < -0.4 is 9.47 Å². The number of benzene rings is 2. The third kappa shape index (κ3) is 5.59. The van der Waals surface area contributed by atoms with Crippen molar-refractivity contribution in [3.05, 3.63) is 63.0 Å². The molecule has 2 heterocycles. The summed E-state index contributed by atoms with van der Waals surface area (Å²) >= 11 is 4.25. The maximum absolute atomic E-state index is 12.8. The minimum Gasteiger partial charge on any atom is -0.493 e. The molecule has 3 amide bonds. The van der Waals surface area contributed by atoms with E-state index in [1.54, 1.807) is 36.3 Å². The van der Waals surface area contributed by atoms with Gasteiger partial charge in [0.05, 0.1) is 12.0 Å². The van der Waals surface area contributed by atoms with Gasteiger partial charge in [0.2, 0.25) is 5.91 Å². The highest BCUT2D eigenvalue weighted by atomic mass is 79.9. The molecule has 0 aromatic heterocycles. The first-order chi connectivity index (χ1) is 15.9. The topological polar surface area (TPSA) is 76.2 Å². The molecule has 2 fully saturated rings. The highest BCUT2D eigenvalue weighted by molar-refractivity contribution is 9.10. The molecular formula is C24H23BrN2O5S. The summed E-state index contributed by atoms with van der Waals surface area (Å²) in [6.45, 7) is 1.49. The van der Waals surface area contributed by atoms with Crippen molar-refractivity contribution in [1.82, 2.24) is 9.80 Å². The van der Waals surface area contributed by atoms with Crippen molar-refractivity contribution in [2.75, 3.05) is 26.7 Å². The largest absolute Gasteiger partial charge is 0.493 e. The molecule has 172 valence electrons. The second-order valence-corrected chi connectivity index (χ2v) is 9.59. The van der Waals surface area contributed by atoms with Gasteiger partial charge in [-0.3, -0.25) is 19.3 Å². The molecule has 0 spiro atoms. The highest BCUT2D eigenvalue weighted by Gasteiger charge is 2.37. The first kappa shape index (κ1) is 23.4. The summed E-state index contributed by atoms with van der Waals surface area (Å²) in [6.07, 6.45) is 3.55. The van der Waals surface area contributed by atoms with Crippen LogP contribution in [0.4, 0.5) is 4.79 Å². The second-order valence-electron chi connectivity index (χ2n) is 7.68. The van der Waals surface area contributed by atoms with Gasteiger partial charge in [0.15, 0.2) is 11.5 Å². The molecule has 0 atom stereocenters. The fourth-order valence-electron chi connectivity index (χ4n) is 3.63. The molecule has 9 heteroatoms. The van der Waals surface area contributed by atoms with Crippen LogP contribution in [0.5, 0.6) is 11.5 Å². The van der Waals surface area contributed by atoms with Gasteiger partial charge < -0.3 is 14.4 Å². The summed E-state index contributed by atoms with van der Waals surface area (Å²) in [5.74, 6) is 0.445. The number of nitrogens with zero attached hydrogens (tertiary/aromatic N) is 2. The van der Waals surface area contributed by atoms with Crippen LogP contribution in [0.25, 0.3) is 6.08 Å². The van der Waals surface area contributed by atoms with Crippen molar-refractivity contribution in [3.8, 4) is 11.5 Å². The molecule has 0 N–H and O–H groups in total. The predicted octanol–water partition coefficient (Wildman–Crippen LogP) is 4.70. The normalized spacial score (nSPS) is 17.2. The van der Waals surface area contributed by atoms with Crippen LogP contribution >= 0.6 is 27.7 Å². The van der Waals surface area contributed by atoms with Crippen LogP contribution in [0.15, 0.2) is 51.8 Å². The van der Waals surface area contributed by atoms with Gasteiger partial charge in [0, 0.05) is 17.6 Å². The number of halogens is 1. The molecule has 0 radical (unpaired) electrons. The molecule has 0 saturated carbocycles. The second kappa shape index (κ2) is 10.4. The number of amides is 3. The number of ether oxygens (including phenoxy) is 2. The zero-order chi connectivity index (χ0) is 23.4. The van der Waals surface area contributed by atoms with Gasteiger partial charge in [-0.15, -0.1) is 0 Å². The van der Waals surface area contributed by atoms with Crippen LogP contribution in [-0.4, -0.2) is 53.6 Å². The number of hydrogen-bond donors (Lipinski definition) is 0. The summed E-state index contributed by atoms with van der Waals surface area (Å²) < 4.78 is 12.3. The lowest BCUT2D eigenvalue weighted by molar-refractivity contribution is -0.135. The fourth-order valence-corrected chi connectivity index (χ4v) is 4.73. The molecule has 33 heavy (non-hydrogen) atoms. The molecule has 0 bridgehead atoms. The SMILES string of the molecule is COc1ccc(/C=C2\SC(=O)N(CC(=O)N3CCCC3)C2=O)cc1OCc1ccc(Br)cc1. The van der Waals surface area contributed by atoms with Crippen molar-refractivity contribution in [2.24, 2.45) is 0 Å². The monoisotopic (exact) mass is 530 g/mol. The lowest BCUT2D eigenvalue weighted by Gasteiger charge is -2.18. The van der Waals surface area contributed by atoms with Gasteiger partial charge in [0.25, 0.3) is 11.1 Å². The average Bonchev–Trinajstić information content (AvgIpc) is 3.44. The third-order valence-corrected chi connectivity index (χ3v) is 6.85. The number of carbonyl (C=O) groups excluding carboxylic acids is 3. The summed E-state index contributed by atoms with van der Waals surface area (Å²) in [5, 5.41) is -0.431. The van der Waals surface area contributed by atoms with E-state index < -0.39 is 11.1 Å². The third-order valence-electron chi connectivity index (χ3n) is 5.42. The Morgan fingerprint density at radius 1 is 1.09 bits per heavy atom. The number of rotatable bonds is 7.